The molecule has 0 radical (unpaired) electrons. The first-order chi connectivity index (χ1) is 18.7. The molecule has 0 spiro atoms. The molecule has 4 atom stereocenters. The first kappa shape index (κ1) is 32.0. The molecule has 2 aromatic rings. The van der Waals surface area contributed by atoms with Crippen LogP contribution in [0.4, 0.5) is 13.2 Å². The molecule has 0 aromatic heterocycles. The van der Waals surface area contributed by atoms with Gasteiger partial charge in [-0.1, -0.05) is 19.9 Å². The average Bonchev–Trinajstić information content (AvgIpc) is 2.89. The number of alkyl halides is 3. The van der Waals surface area contributed by atoms with Gasteiger partial charge in [0.15, 0.2) is 9.84 Å². The minimum absolute atomic E-state index is 0.0882. The molecule has 1 unspecified atom stereocenters. The van der Waals surface area contributed by atoms with Gasteiger partial charge in [-0.25, -0.2) is 8.42 Å². The Balaban J connectivity index is 1.72. The fraction of sp³-hybridized carbons (Fsp3) is 0.500. The molecule has 40 heavy (non-hydrogen) atoms. The lowest BCUT2D eigenvalue weighted by Crippen LogP contribution is -2.54. The van der Waals surface area contributed by atoms with E-state index in [1.165, 1.54) is 24.8 Å². The number of amides is 2. The van der Waals surface area contributed by atoms with Crippen molar-refractivity contribution in [2.75, 3.05) is 12.0 Å². The van der Waals surface area contributed by atoms with Crippen molar-refractivity contribution < 1.29 is 31.2 Å². The van der Waals surface area contributed by atoms with Gasteiger partial charge in [0.25, 0.3) is 5.91 Å². The number of carbonyl (C=O) groups excluding carboxylic acids is 2. The van der Waals surface area contributed by atoms with E-state index in [2.05, 4.69) is 16.0 Å². The Bertz CT molecular complexity index is 1280. The van der Waals surface area contributed by atoms with Crippen molar-refractivity contribution in [2.24, 2.45) is 5.92 Å². The standard InChI is InChI=1S/C28H36F3N3O4S2/c1-17(2)32-22-8-13-25(20(15-22)16-40(37,38)24-11-9-23(39-4)10-12-24)34-26(35)18(3)33-27(36)19-6-5-7-21(14-19)28(29,30)31/h5-7,9-12,14,17-18,20,22,25,32H,8,13,15-16H2,1-4H3,(H,33,36)(H,34,35)/t18?,20-,22+,25+/m0/s1. The van der Waals surface area contributed by atoms with E-state index in [0.717, 1.165) is 29.5 Å². The first-order valence-corrected chi connectivity index (χ1v) is 16.0. The van der Waals surface area contributed by atoms with Crippen LogP contribution in [0.3, 0.4) is 0 Å². The zero-order valence-electron chi connectivity index (χ0n) is 22.9. The Morgan fingerprint density at radius 2 is 1.73 bits per heavy atom. The molecule has 2 amide bonds. The average molecular weight is 600 g/mol. The summed E-state index contributed by atoms with van der Waals surface area (Å²) in [4.78, 5) is 26.8. The molecule has 1 aliphatic carbocycles. The molecule has 7 nitrogen and oxygen atoms in total. The van der Waals surface area contributed by atoms with Crippen LogP contribution in [0, 0.1) is 5.92 Å². The van der Waals surface area contributed by atoms with Crippen molar-refractivity contribution in [3.8, 4) is 0 Å². The zero-order chi connectivity index (χ0) is 29.7. The predicted molar refractivity (Wildman–Crippen MR) is 150 cm³/mol. The van der Waals surface area contributed by atoms with E-state index in [9.17, 15) is 31.2 Å². The van der Waals surface area contributed by atoms with Crippen LogP contribution in [-0.4, -0.2) is 56.4 Å². The van der Waals surface area contributed by atoms with Crippen LogP contribution in [0.25, 0.3) is 0 Å². The second-order valence-corrected chi connectivity index (χ2v) is 13.4. The summed E-state index contributed by atoms with van der Waals surface area (Å²) in [5.41, 5.74) is -1.18. The number of carbonyl (C=O) groups is 2. The summed E-state index contributed by atoms with van der Waals surface area (Å²) in [5.74, 6) is -1.89. The van der Waals surface area contributed by atoms with E-state index in [1.54, 1.807) is 24.3 Å². The SMILES string of the molecule is CSc1ccc(S(=O)(=O)C[C@@H]2C[C@H](NC(C)C)CC[C@H]2NC(=O)C(C)NC(=O)c2cccc(C(F)(F)F)c2)cc1. The van der Waals surface area contributed by atoms with Crippen LogP contribution in [0.15, 0.2) is 58.3 Å². The zero-order valence-corrected chi connectivity index (χ0v) is 24.6. The van der Waals surface area contributed by atoms with Gasteiger partial charge in [0.1, 0.15) is 6.04 Å². The third-order valence-electron chi connectivity index (χ3n) is 6.92. The third-order valence-corrected chi connectivity index (χ3v) is 9.53. The normalized spacial score (nSPS) is 20.6. The number of hydrogen-bond donors (Lipinski definition) is 3. The fourth-order valence-electron chi connectivity index (χ4n) is 4.91. The lowest BCUT2D eigenvalue weighted by molar-refractivity contribution is -0.137. The lowest BCUT2D eigenvalue weighted by atomic mass is 9.82. The highest BCUT2D eigenvalue weighted by Crippen LogP contribution is 2.30. The number of nitrogens with one attached hydrogen (secondary N) is 3. The van der Waals surface area contributed by atoms with Gasteiger partial charge in [0.05, 0.1) is 16.2 Å². The highest BCUT2D eigenvalue weighted by Gasteiger charge is 2.36. The van der Waals surface area contributed by atoms with Crippen LogP contribution in [0.5, 0.6) is 0 Å². The van der Waals surface area contributed by atoms with Crippen molar-refractivity contribution >= 4 is 33.4 Å². The summed E-state index contributed by atoms with van der Waals surface area (Å²) in [6.45, 7) is 5.47. The van der Waals surface area contributed by atoms with Gasteiger partial charge in [0.2, 0.25) is 5.91 Å². The molecule has 220 valence electrons. The highest BCUT2D eigenvalue weighted by atomic mass is 32.2. The monoisotopic (exact) mass is 599 g/mol. The van der Waals surface area contributed by atoms with E-state index in [4.69, 9.17) is 0 Å². The number of benzene rings is 2. The fourth-order valence-corrected chi connectivity index (χ4v) is 7.00. The molecule has 1 aliphatic rings. The maximum Gasteiger partial charge on any atom is 0.416 e. The van der Waals surface area contributed by atoms with Crippen LogP contribution >= 0.6 is 11.8 Å². The molecule has 2 aromatic carbocycles. The molecule has 3 N–H and O–H groups in total. The first-order valence-electron chi connectivity index (χ1n) is 13.1. The minimum Gasteiger partial charge on any atom is -0.351 e. The molecule has 0 bridgehead atoms. The summed E-state index contributed by atoms with van der Waals surface area (Å²) in [6.07, 6.45) is -0.891. The van der Waals surface area contributed by atoms with Crippen LogP contribution in [0.2, 0.25) is 0 Å². The Morgan fingerprint density at radius 1 is 1.05 bits per heavy atom. The Hall–Kier alpha value is -2.57. The van der Waals surface area contributed by atoms with E-state index < -0.39 is 45.5 Å². The number of sulfone groups is 1. The van der Waals surface area contributed by atoms with Crippen molar-refractivity contribution in [3.05, 3.63) is 59.7 Å². The summed E-state index contributed by atoms with van der Waals surface area (Å²) >= 11 is 1.51. The third kappa shape index (κ3) is 8.71. The topological polar surface area (TPSA) is 104 Å². The maximum absolute atomic E-state index is 13.3. The molecular weight excluding hydrogens is 563 g/mol. The number of thioether (sulfide) groups is 1. The second-order valence-electron chi connectivity index (χ2n) is 10.4. The van der Waals surface area contributed by atoms with Crippen molar-refractivity contribution in [1.29, 1.82) is 0 Å². The Morgan fingerprint density at radius 3 is 2.33 bits per heavy atom. The molecule has 1 fully saturated rings. The molecule has 0 aliphatic heterocycles. The molecule has 3 rings (SSSR count). The van der Waals surface area contributed by atoms with E-state index >= 15 is 0 Å². The quantitative estimate of drug-likeness (QED) is 0.343. The van der Waals surface area contributed by atoms with E-state index in [-0.39, 0.29) is 34.2 Å². The number of hydrogen-bond acceptors (Lipinski definition) is 6. The molecular formula is C28H36F3N3O4S2. The van der Waals surface area contributed by atoms with Crippen LogP contribution in [-0.2, 0) is 20.8 Å². The number of halogens is 3. The van der Waals surface area contributed by atoms with Gasteiger partial charge in [-0.05, 0) is 80.8 Å². The van der Waals surface area contributed by atoms with E-state index in [0.29, 0.717) is 12.8 Å². The molecule has 1 saturated carbocycles. The smallest absolute Gasteiger partial charge is 0.351 e. The Labute approximate surface area is 238 Å². The van der Waals surface area contributed by atoms with Gasteiger partial charge in [-0.15, -0.1) is 11.8 Å². The number of rotatable bonds is 10. The Kier molecular flexibility index (Phi) is 10.7. The lowest BCUT2D eigenvalue weighted by Gasteiger charge is -2.38. The largest absolute Gasteiger partial charge is 0.416 e. The van der Waals surface area contributed by atoms with Crippen molar-refractivity contribution in [1.82, 2.24) is 16.0 Å². The molecule has 0 saturated heterocycles. The summed E-state index contributed by atoms with van der Waals surface area (Å²) in [7, 11) is -3.65. The molecule has 0 heterocycles. The highest BCUT2D eigenvalue weighted by molar-refractivity contribution is 7.98. The predicted octanol–water partition coefficient (Wildman–Crippen LogP) is 4.67. The van der Waals surface area contributed by atoms with Gasteiger partial charge in [-0.3, -0.25) is 9.59 Å². The van der Waals surface area contributed by atoms with E-state index in [1.807, 2.05) is 20.1 Å². The van der Waals surface area contributed by atoms with Crippen LogP contribution in [0.1, 0.15) is 56.0 Å². The van der Waals surface area contributed by atoms with Gasteiger partial charge in [0, 0.05) is 28.6 Å². The summed E-state index contributed by atoms with van der Waals surface area (Å²) < 4.78 is 65.7. The van der Waals surface area contributed by atoms with Crippen molar-refractivity contribution in [2.45, 2.75) is 80.2 Å². The van der Waals surface area contributed by atoms with Crippen LogP contribution < -0.4 is 16.0 Å². The maximum atomic E-state index is 13.3. The summed E-state index contributed by atoms with van der Waals surface area (Å²) in [5, 5.41) is 8.81. The summed E-state index contributed by atoms with van der Waals surface area (Å²) in [6, 6.07) is 9.46. The van der Waals surface area contributed by atoms with Gasteiger partial charge in [-0.2, -0.15) is 13.2 Å². The van der Waals surface area contributed by atoms with Crippen molar-refractivity contribution in [3.63, 3.8) is 0 Å². The van der Waals surface area contributed by atoms with Gasteiger partial charge < -0.3 is 16.0 Å². The van der Waals surface area contributed by atoms with Gasteiger partial charge >= 0.3 is 6.18 Å². The minimum atomic E-state index is -4.60. The second kappa shape index (κ2) is 13.4. The molecule has 12 heteroatoms.